The van der Waals surface area contributed by atoms with Gasteiger partial charge in [0, 0.05) is 31.8 Å². The summed E-state index contributed by atoms with van der Waals surface area (Å²) in [6, 6.07) is -0.182. The first-order valence-corrected chi connectivity index (χ1v) is 8.89. The lowest BCUT2D eigenvalue weighted by atomic mass is 9.93. The van der Waals surface area contributed by atoms with Gasteiger partial charge in [-0.1, -0.05) is 12.8 Å². The van der Waals surface area contributed by atoms with E-state index in [0.29, 0.717) is 19.3 Å². The van der Waals surface area contributed by atoms with Gasteiger partial charge in [0.1, 0.15) is 0 Å². The van der Waals surface area contributed by atoms with Crippen LogP contribution in [0.5, 0.6) is 0 Å². The average molecular weight is 290 g/mol. The van der Waals surface area contributed by atoms with Crippen LogP contribution in [0.25, 0.3) is 0 Å². The molecule has 0 aliphatic heterocycles. The van der Waals surface area contributed by atoms with Crippen LogP contribution in [-0.4, -0.2) is 49.9 Å². The second-order valence-electron chi connectivity index (χ2n) is 5.74. The summed E-state index contributed by atoms with van der Waals surface area (Å²) in [5.41, 5.74) is 5.65. The van der Waals surface area contributed by atoms with Crippen LogP contribution in [0.3, 0.4) is 0 Å². The SMILES string of the molecule is CC(N)CCC(=O)N(C)C1CCCCC1S(C)(=O)=O. The maximum atomic E-state index is 12.1. The molecule has 1 aliphatic rings. The summed E-state index contributed by atoms with van der Waals surface area (Å²) in [5, 5.41) is -0.412. The average Bonchev–Trinajstić information content (AvgIpc) is 2.34. The van der Waals surface area contributed by atoms with Gasteiger partial charge in [0.25, 0.3) is 0 Å². The minimum absolute atomic E-state index is 0.00199. The Morgan fingerprint density at radius 3 is 2.47 bits per heavy atom. The van der Waals surface area contributed by atoms with Crippen molar-refractivity contribution in [2.75, 3.05) is 13.3 Å². The maximum Gasteiger partial charge on any atom is 0.222 e. The van der Waals surface area contributed by atoms with Gasteiger partial charge in [-0.05, 0) is 26.2 Å². The van der Waals surface area contributed by atoms with Gasteiger partial charge >= 0.3 is 0 Å². The fraction of sp³-hybridized carbons (Fsp3) is 0.923. The maximum absolute atomic E-state index is 12.1. The van der Waals surface area contributed by atoms with Crippen LogP contribution in [0.4, 0.5) is 0 Å². The number of nitrogens with two attached hydrogens (primary N) is 1. The second-order valence-corrected chi connectivity index (χ2v) is 8.00. The van der Waals surface area contributed by atoms with Crippen molar-refractivity contribution in [2.45, 2.75) is 62.8 Å². The summed E-state index contributed by atoms with van der Waals surface area (Å²) in [4.78, 5) is 13.7. The fourth-order valence-electron chi connectivity index (χ4n) is 2.73. The summed E-state index contributed by atoms with van der Waals surface area (Å²) in [6.07, 6.45) is 5.65. The van der Waals surface area contributed by atoms with Crippen LogP contribution < -0.4 is 5.73 Å². The first-order valence-electron chi connectivity index (χ1n) is 6.93. The third-order valence-electron chi connectivity index (χ3n) is 3.92. The standard InChI is InChI=1S/C13H26N2O3S/c1-10(14)8-9-13(16)15(2)11-6-4-5-7-12(11)19(3,17)18/h10-12H,4-9,14H2,1-3H3. The van der Waals surface area contributed by atoms with Crippen molar-refractivity contribution in [3.63, 3.8) is 0 Å². The van der Waals surface area contributed by atoms with E-state index in [4.69, 9.17) is 5.73 Å². The fourth-order valence-corrected chi connectivity index (χ4v) is 4.22. The molecule has 1 aliphatic carbocycles. The van der Waals surface area contributed by atoms with Crippen LogP contribution in [0, 0.1) is 0 Å². The molecule has 1 rings (SSSR count). The molecular formula is C13H26N2O3S. The van der Waals surface area contributed by atoms with Gasteiger partial charge in [-0.2, -0.15) is 0 Å². The first-order chi connectivity index (χ1) is 8.73. The quantitative estimate of drug-likeness (QED) is 0.816. The van der Waals surface area contributed by atoms with Gasteiger partial charge in [0.05, 0.1) is 5.25 Å². The molecule has 0 aromatic rings. The summed E-state index contributed by atoms with van der Waals surface area (Å²) in [5.74, 6) is -0.00199. The van der Waals surface area contributed by atoms with E-state index in [0.717, 1.165) is 19.3 Å². The molecule has 0 radical (unpaired) electrons. The molecule has 6 heteroatoms. The number of hydrogen-bond acceptors (Lipinski definition) is 4. The van der Waals surface area contributed by atoms with Crippen LogP contribution >= 0.6 is 0 Å². The Bertz CT molecular complexity index is 406. The van der Waals surface area contributed by atoms with Crippen LogP contribution in [0.1, 0.15) is 45.4 Å². The number of carbonyl (C=O) groups is 1. The third kappa shape index (κ3) is 4.76. The van der Waals surface area contributed by atoms with E-state index < -0.39 is 15.1 Å². The molecule has 0 saturated heterocycles. The molecule has 19 heavy (non-hydrogen) atoms. The van der Waals surface area contributed by atoms with Gasteiger partial charge < -0.3 is 10.6 Å². The van der Waals surface area contributed by atoms with Crippen molar-refractivity contribution in [2.24, 2.45) is 5.73 Å². The predicted molar refractivity (Wildman–Crippen MR) is 76.5 cm³/mol. The van der Waals surface area contributed by atoms with E-state index >= 15 is 0 Å². The van der Waals surface area contributed by atoms with Crippen molar-refractivity contribution in [3.05, 3.63) is 0 Å². The van der Waals surface area contributed by atoms with Crippen LogP contribution in [-0.2, 0) is 14.6 Å². The predicted octanol–water partition coefficient (Wildman–Crippen LogP) is 0.928. The van der Waals surface area contributed by atoms with E-state index in [1.54, 1.807) is 11.9 Å². The lowest BCUT2D eigenvalue weighted by Crippen LogP contribution is -2.49. The molecular weight excluding hydrogens is 264 g/mol. The number of rotatable bonds is 5. The van der Waals surface area contributed by atoms with Gasteiger partial charge in [0.2, 0.25) is 5.91 Å². The molecule has 2 N–H and O–H groups in total. The van der Waals surface area contributed by atoms with Gasteiger partial charge in [0.15, 0.2) is 9.84 Å². The zero-order valence-electron chi connectivity index (χ0n) is 12.1. The highest BCUT2D eigenvalue weighted by Gasteiger charge is 2.36. The molecule has 0 aromatic heterocycles. The summed E-state index contributed by atoms with van der Waals surface area (Å²) in [6.45, 7) is 1.87. The highest BCUT2D eigenvalue weighted by Crippen LogP contribution is 2.27. The third-order valence-corrected chi connectivity index (χ3v) is 5.57. The summed E-state index contributed by atoms with van der Waals surface area (Å²) < 4.78 is 23.7. The smallest absolute Gasteiger partial charge is 0.222 e. The highest BCUT2D eigenvalue weighted by molar-refractivity contribution is 7.91. The monoisotopic (exact) mass is 290 g/mol. The van der Waals surface area contributed by atoms with Crippen molar-refractivity contribution >= 4 is 15.7 Å². The number of amides is 1. The van der Waals surface area contributed by atoms with E-state index in [9.17, 15) is 13.2 Å². The second kappa shape index (κ2) is 6.70. The minimum Gasteiger partial charge on any atom is -0.341 e. The Hall–Kier alpha value is -0.620. The molecule has 0 heterocycles. The van der Waals surface area contributed by atoms with Crippen LogP contribution in [0.15, 0.2) is 0 Å². The molecule has 5 nitrogen and oxygen atoms in total. The van der Waals surface area contributed by atoms with Crippen molar-refractivity contribution in [1.29, 1.82) is 0 Å². The Kier molecular flexibility index (Phi) is 5.80. The van der Waals surface area contributed by atoms with E-state index in [1.165, 1.54) is 6.26 Å². The summed E-state index contributed by atoms with van der Waals surface area (Å²) in [7, 11) is -1.38. The first kappa shape index (κ1) is 16.4. The van der Waals surface area contributed by atoms with Gasteiger partial charge in [-0.3, -0.25) is 4.79 Å². The van der Waals surface area contributed by atoms with Crippen molar-refractivity contribution < 1.29 is 13.2 Å². The molecule has 3 atom stereocenters. The van der Waals surface area contributed by atoms with Crippen molar-refractivity contribution in [3.8, 4) is 0 Å². The lowest BCUT2D eigenvalue weighted by Gasteiger charge is -2.37. The number of sulfone groups is 1. The molecule has 1 amide bonds. The molecule has 1 fully saturated rings. The van der Waals surface area contributed by atoms with E-state index in [1.807, 2.05) is 6.92 Å². The zero-order chi connectivity index (χ0) is 14.6. The van der Waals surface area contributed by atoms with Crippen LogP contribution in [0.2, 0.25) is 0 Å². The zero-order valence-corrected chi connectivity index (χ0v) is 12.9. The number of nitrogens with zero attached hydrogens (tertiary/aromatic N) is 1. The van der Waals surface area contributed by atoms with Gasteiger partial charge in [-0.15, -0.1) is 0 Å². The highest BCUT2D eigenvalue weighted by atomic mass is 32.2. The topological polar surface area (TPSA) is 80.5 Å². The number of hydrogen-bond donors (Lipinski definition) is 1. The Labute approximate surface area is 116 Å². The Balaban J connectivity index is 2.72. The lowest BCUT2D eigenvalue weighted by molar-refractivity contribution is -0.132. The Morgan fingerprint density at radius 2 is 1.95 bits per heavy atom. The largest absolute Gasteiger partial charge is 0.341 e. The molecule has 0 aromatic carbocycles. The molecule has 1 saturated carbocycles. The Morgan fingerprint density at radius 1 is 1.37 bits per heavy atom. The minimum atomic E-state index is -3.10. The number of carbonyl (C=O) groups excluding carboxylic acids is 1. The molecule has 0 spiro atoms. The summed E-state index contributed by atoms with van der Waals surface area (Å²) >= 11 is 0. The van der Waals surface area contributed by atoms with E-state index in [2.05, 4.69) is 0 Å². The van der Waals surface area contributed by atoms with Gasteiger partial charge in [-0.25, -0.2) is 8.42 Å². The van der Waals surface area contributed by atoms with Crippen molar-refractivity contribution in [1.82, 2.24) is 4.90 Å². The molecule has 3 unspecified atom stereocenters. The van der Waals surface area contributed by atoms with E-state index in [-0.39, 0.29) is 18.0 Å². The molecule has 0 bridgehead atoms. The molecule has 112 valence electrons. The normalized spacial score (nSPS) is 25.9.